The molecule has 7 nitrogen and oxygen atoms in total. The molecule has 0 N–H and O–H groups in total. The molecule has 144 valence electrons. The fraction of sp³-hybridized carbons (Fsp3) is 0.500. The van der Waals surface area contributed by atoms with Crippen molar-refractivity contribution in [1.29, 1.82) is 0 Å². The Morgan fingerprint density at radius 2 is 1.85 bits per heavy atom. The molecule has 0 unspecified atom stereocenters. The van der Waals surface area contributed by atoms with Crippen molar-refractivity contribution < 1.29 is 9.26 Å². The van der Waals surface area contributed by atoms with Crippen molar-refractivity contribution in [1.82, 2.24) is 19.9 Å². The zero-order valence-electron chi connectivity index (χ0n) is 16.3. The number of nitrogens with zero attached hydrogens (tertiary/aromatic N) is 4. The standard InChI is InChI=1S/C20H26N4O3/c1-13(2)11-24-20(25)16-8-6-5-7-15(16)18(22-24)19-21-17(23-27-19)9-10-26-12-14(3)4/h5-8,13-14H,9-12H2,1-4H3. The second-order valence-corrected chi connectivity index (χ2v) is 7.51. The van der Waals surface area contributed by atoms with Crippen molar-refractivity contribution in [3.8, 4) is 11.6 Å². The molecule has 7 heteroatoms. The Balaban J connectivity index is 1.92. The number of benzene rings is 1. The summed E-state index contributed by atoms with van der Waals surface area (Å²) in [7, 11) is 0. The van der Waals surface area contributed by atoms with Gasteiger partial charge in [-0.3, -0.25) is 4.79 Å². The van der Waals surface area contributed by atoms with Crippen LogP contribution in [0.4, 0.5) is 0 Å². The smallest absolute Gasteiger partial charge is 0.279 e. The summed E-state index contributed by atoms with van der Waals surface area (Å²) in [5.41, 5.74) is 0.428. The molecule has 0 atom stereocenters. The Morgan fingerprint density at radius 1 is 1.11 bits per heavy atom. The predicted octanol–water partition coefficient (Wildman–Crippen LogP) is 3.32. The van der Waals surface area contributed by atoms with E-state index in [9.17, 15) is 4.79 Å². The van der Waals surface area contributed by atoms with Crippen molar-refractivity contribution in [3.05, 3.63) is 40.4 Å². The summed E-state index contributed by atoms with van der Waals surface area (Å²) in [6, 6.07) is 7.38. The first kappa shape index (κ1) is 19.2. The van der Waals surface area contributed by atoms with Crippen LogP contribution in [0.25, 0.3) is 22.4 Å². The Hall–Kier alpha value is -2.54. The molecule has 2 heterocycles. The van der Waals surface area contributed by atoms with Crippen molar-refractivity contribution in [3.63, 3.8) is 0 Å². The van der Waals surface area contributed by atoms with Gasteiger partial charge < -0.3 is 9.26 Å². The van der Waals surface area contributed by atoms with Gasteiger partial charge in [0.15, 0.2) is 11.5 Å². The number of aromatic nitrogens is 4. The maximum absolute atomic E-state index is 12.7. The van der Waals surface area contributed by atoms with Crippen LogP contribution in [0.15, 0.2) is 33.6 Å². The fourth-order valence-corrected chi connectivity index (χ4v) is 2.80. The van der Waals surface area contributed by atoms with Crippen molar-refractivity contribution in [2.75, 3.05) is 13.2 Å². The maximum atomic E-state index is 12.7. The van der Waals surface area contributed by atoms with Crippen molar-refractivity contribution in [2.45, 2.75) is 40.7 Å². The molecule has 0 fully saturated rings. The van der Waals surface area contributed by atoms with Crippen LogP contribution in [-0.2, 0) is 17.7 Å². The summed E-state index contributed by atoms with van der Waals surface area (Å²) >= 11 is 0. The van der Waals surface area contributed by atoms with E-state index in [0.29, 0.717) is 66.2 Å². The highest BCUT2D eigenvalue weighted by Crippen LogP contribution is 2.23. The molecule has 2 aromatic heterocycles. The minimum absolute atomic E-state index is 0.107. The predicted molar refractivity (Wildman–Crippen MR) is 103 cm³/mol. The molecule has 27 heavy (non-hydrogen) atoms. The summed E-state index contributed by atoms with van der Waals surface area (Å²) in [5, 5.41) is 9.87. The summed E-state index contributed by atoms with van der Waals surface area (Å²) in [6.45, 7) is 10.1. The molecule has 3 rings (SSSR count). The van der Waals surface area contributed by atoms with Gasteiger partial charge in [-0.1, -0.05) is 51.1 Å². The van der Waals surface area contributed by atoms with E-state index in [4.69, 9.17) is 9.26 Å². The van der Waals surface area contributed by atoms with Gasteiger partial charge >= 0.3 is 0 Å². The van der Waals surface area contributed by atoms with Gasteiger partial charge in [0.1, 0.15) is 0 Å². The minimum atomic E-state index is -0.107. The van der Waals surface area contributed by atoms with Crippen LogP contribution in [0.1, 0.15) is 33.5 Å². The number of hydrogen-bond donors (Lipinski definition) is 0. The summed E-state index contributed by atoms with van der Waals surface area (Å²) in [5.74, 6) is 1.67. The van der Waals surface area contributed by atoms with Crippen LogP contribution in [0.2, 0.25) is 0 Å². The minimum Gasteiger partial charge on any atom is -0.381 e. The summed E-state index contributed by atoms with van der Waals surface area (Å²) in [4.78, 5) is 17.2. The van der Waals surface area contributed by atoms with Crippen LogP contribution in [-0.4, -0.2) is 33.1 Å². The first-order chi connectivity index (χ1) is 13.0. The lowest BCUT2D eigenvalue weighted by molar-refractivity contribution is 0.111. The highest BCUT2D eigenvalue weighted by molar-refractivity contribution is 5.91. The third-order valence-electron chi connectivity index (χ3n) is 4.00. The Labute approximate surface area is 158 Å². The molecule has 0 radical (unpaired) electrons. The average molecular weight is 370 g/mol. The lowest BCUT2D eigenvalue weighted by atomic mass is 10.1. The Kier molecular flexibility index (Phi) is 6.01. The lowest BCUT2D eigenvalue weighted by Gasteiger charge is -2.10. The van der Waals surface area contributed by atoms with Crippen molar-refractivity contribution >= 4 is 10.8 Å². The van der Waals surface area contributed by atoms with Crippen LogP contribution >= 0.6 is 0 Å². The second-order valence-electron chi connectivity index (χ2n) is 7.51. The van der Waals surface area contributed by atoms with E-state index in [1.165, 1.54) is 4.68 Å². The molecular formula is C20H26N4O3. The van der Waals surface area contributed by atoms with Gasteiger partial charge in [-0.15, -0.1) is 0 Å². The molecular weight excluding hydrogens is 344 g/mol. The third kappa shape index (κ3) is 4.60. The van der Waals surface area contributed by atoms with Gasteiger partial charge in [-0.2, -0.15) is 10.1 Å². The summed E-state index contributed by atoms with van der Waals surface area (Å²) < 4.78 is 12.5. The number of rotatable bonds is 8. The zero-order chi connectivity index (χ0) is 19.4. The second kappa shape index (κ2) is 8.43. The Bertz CT molecular complexity index is 959. The molecule has 0 saturated heterocycles. The third-order valence-corrected chi connectivity index (χ3v) is 4.00. The van der Waals surface area contributed by atoms with E-state index < -0.39 is 0 Å². The van der Waals surface area contributed by atoms with Gasteiger partial charge in [-0.25, -0.2) is 4.68 Å². The normalized spacial score (nSPS) is 11.8. The number of ether oxygens (including phenoxy) is 1. The van der Waals surface area contributed by atoms with E-state index in [1.807, 2.05) is 32.0 Å². The van der Waals surface area contributed by atoms with Gasteiger partial charge in [0.25, 0.3) is 11.4 Å². The molecule has 0 amide bonds. The van der Waals surface area contributed by atoms with E-state index in [0.717, 1.165) is 0 Å². The van der Waals surface area contributed by atoms with E-state index >= 15 is 0 Å². The van der Waals surface area contributed by atoms with Crippen LogP contribution in [0.5, 0.6) is 0 Å². The van der Waals surface area contributed by atoms with Crippen LogP contribution in [0, 0.1) is 11.8 Å². The topological polar surface area (TPSA) is 83.0 Å². The first-order valence-electron chi connectivity index (χ1n) is 9.36. The maximum Gasteiger partial charge on any atom is 0.279 e. The molecule has 3 aromatic rings. The van der Waals surface area contributed by atoms with E-state index in [2.05, 4.69) is 29.1 Å². The molecule has 0 aliphatic heterocycles. The largest absolute Gasteiger partial charge is 0.381 e. The molecule has 1 aromatic carbocycles. The van der Waals surface area contributed by atoms with Gasteiger partial charge in [0.05, 0.1) is 12.0 Å². The SMILES string of the molecule is CC(C)COCCc1noc(-c2nn(CC(C)C)c(=O)c3ccccc23)n1. The fourth-order valence-electron chi connectivity index (χ4n) is 2.80. The number of fused-ring (bicyclic) bond motifs is 1. The summed E-state index contributed by atoms with van der Waals surface area (Å²) in [6.07, 6.45) is 0.569. The van der Waals surface area contributed by atoms with Crippen LogP contribution in [0.3, 0.4) is 0 Å². The van der Waals surface area contributed by atoms with E-state index in [-0.39, 0.29) is 5.56 Å². The molecule has 0 aliphatic carbocycles. The van der Waals surface area contributed by atoms with E-state index in [1.54, 1.807) is 6.07 Å². The van der Waals surface area contributed by atoms with Crippen LogP contribution < -0.4 is 5.56 Å². The van der Waals surface area contributed by atoms with Gasteiger partial charge in [0.2, 0.25) is 0 Å². The monoisotopic (exact) mass is 370 g/mol. The molecule has 0 aliphatic rings. The first-order valence-corrected chi connectivity index (χ1v) is 9.36. The molecule has 0 saturated carbocycles. The average Bonchev–Trinajstić information content (AvgIpc) is 3.09. The van der Waals surface area contributed by atoms with Gasteiger partial charge in [0, 0.05) is 25.0 Å². The molecule has 0 bridgehead atoms. The molecule has 0 spiro atoms. The lowest BCUT2D eigenvalue weighted by Crippen LogP contribution is -2.26. The van der Waals surface area contributed by atoms with Gasteiger partial charge in [-0.05, 0) is 17.9 Å². The highest BCUT2D eigenvalue weighted by Gasteiger charge is 2.18. The van der Waals surface area contributed by atoms with Crippen molar-refractivity contribution in [2.24, 2.45) is 11.8 Å². The zero-order valence-corrected chi connectivity index (χ0v) is 16.3. The Morgan fingerprint density at radius 3 is 2.56 bits per heavy atom. The quantitative estimate of drug-likeness (QED) is 0.566. The highest BCUT2D eigenvalue weighted by atomic mass is 16.5. The number of hydrogen-bond acceptors (Lipinski definition) is 6.